The summed E-state index contributed by atoms with van der Waals surface area (Å²) in [5, 5.41) is 2.85. The van der Waals surface area contributed by atoms with Crippen LogP contribution in [0.4, 0.5) is 5.69 Å². The topological polar surface area (TPSA) is 180 Å². The summed E-state index contributed by atoms with van der Waals surface area (Å²) >= 11 is 0. The van der Waals surface area contributed by atoms with Gasteiger partial charge in [-0.05, 0) is 101 Å². The van der Waals surface area contributed by atoms with Gasteiger partial charge in [-0.25, -0.2) is 14.7 Å². The number of aromatic nitrogens is 3. The van der Waals surface area contributed by atoms with E-state index in [1.54, 1.807) is 24.3 Å². The number of anilines is 1. The van der Waals surface area contributed by atoms with Gasteiger partial charge in [0.05, 0.1) is 22.8 Å². The van der Waals surface area contributed by atoms with E-state index in [1.165, 1.54) is 4.90 Å². The van der Waals surface area contributed by atoms with Crippen molar-refractivity contribution in [3.63, 3.8) is 0 Å². The molecule has 0 unspecified atom stereocenters. The second-order valence-electron chi connectivity index (χ2n) is 12.2. The normalized spacial score (nSPS) is 17.3. The van der Waals surface area contributed by atoms with Gasteiger partial charge in [0.2, 0.25) is 5.91 Å². The molecule has 2 aromatic heterocycles. The van der Waals surface area contributed by atoms with E-state index in [-0.39, 0.29) is 35.9 Å². The smallest absolute Gasteiger partial charge is 0.323 e. The molecule has 5 rings (SSSR count). The average Bonchev–Trinajstić information content (AvgIpc) is 3.40. The molecule has 2 heterocycles. The van der Waals surface area contributed by atoms with Crippen LogP contribution >= 0.6 is 0 Å². The molecule has 1 saturated carbocycles. The SMILES string of the molecule is Cc1nc(C(=O)NC(C)C)ccc1-c1ccc(C[C@H](N)C(=O)N(C(=O)C2CCC(CN)CC2)c2ccc3[nH]c(=O)[nH]c3c2)cc1. The maximum Gasteiger partial charge on any atom is 0.323 e. The number of imide groups is 1. The number of nitrogens with two attached hydrogens (primary N) is 2. The summed E-state index contributed by atoms with van der Waals surface area (Å²) in [7, 11) is 0. The number of nitrogens with one attached hydrogen (secondary N) is 3. The van der Waals surface area contributed by atoms with Gasteiger partial charge in [-0.1, -0.05) is 30.3 Å². The van der Waals surface area contributed by atoms with E-state index in [1.807, 2.05) is 51.1 Å². The minimum Gasteiger partial charge on any atom is -0.349 e. The van der Waals surface area contributed by atoms with Crippen molar-refractivity contribution in [2.24, 2.45) is 23.3 Å². The Kier molecular flexibility index (Phi) is 9.60. The van der Waals surface area contributed by atoms with Gasteiger partial charge in [-0.3, -0.25) is 14.4 Å². The molecule has 0 aliphatic heterocycles. The molecule has 1 fully saturated rings. The highest BCUT2D eigenvalue weighted by molar-refractivity contribution is 6.17. The van der Waals surface area contributed by atoms with E-state index in [9.17, 15) is 19.2 Å². The number of hydrogen-bond acceptors (Lipinski definition) is 7. The van der Waals surface area contributed by atoms with Gasteiger partial charge in [0, 0.05) is 23.2 Å². The standard InChI is InChI=1S/C34H41N7O4/c1-19(2)37-31(42)29-15-13-26(20(3)38-29)23-8-4-21(5-9-23)16-27(36)33(44)41(32(43)24-10-6-22(18-35)7-11-24)25-12-14-28-30(17-25)40-34(45)39-28/h4-5,8-9,12-15,17,19,22,24,27H,6-7,10-11,16,18,35-36H2,1-3H3,(H,37,42)(H2,39,40,45)/t22?,24?,27-/m0/s1. The Morgan fingerprint density at radius 3 is 2.31 bits per heavy atom. The maximum atomic E-state index is 13.9. The molecule has 236 valence electrons. The summed E-state index contributed by atoms with van der Waals surface area (Å²) in [6.07, 6.45) is 3.20. The molecule has 11 heteroatoms. The number of carbonyl (C=O) groups excluding carboxylic acids is 3. The fourth-order valence-electron chi connectivity index (χ4n) is 6.01. The van der Waals surface area contributed by atoms with Crippen LogP contribution in [0.25, 0.3) is 22.2 Å². The highest BCUT2D eigenvalue weighted by Gasteiger charge is 2.35. The minimum atomic E-state index is -0.983. The predicted molar refractivity (Wildman–Crippen MR) is 175 cm³/mol. The summed E-state index contributed by atoms with van der Waals surface area (Å²) in [6.45, 7) is 6.24. The third kappa shape index (κ3) is 7.21. The number of pyridine rings is 1. The molecule has 1 aliphatic rings. The fraction of sp³-hybridized carbons (Fsp3) is 0.382. The first-order valence-electron chi connectivity index (χ1n) is 15.5. The lowest BCUT2D eigenvalue weighted by molar-refractivity contribution is -0.130. The average molecular weight is 612 g/mol. The van der Waals surface area contributed by atoms with Gasteiger partial charge in [0.15, 0.2) is 0 Å². The summed E-state index contributed by atoms with van der Waals surface area (Å²) < 4.78 is 0. The molecule has 0 bridgehead atoms. The molecule has 0 saturated heterocycles. The number of rotatable bonds is 9. The Labute approximate surface area is 261 Å². The van der Waals surface area contributed by atoms with Crippen LogP contribution in [0.15, 0.2) is 59.4 Å². The second-order valence-corrected chi connectivity index (χ2v) is 12.2. The number of H-pyrrole nitrogens is 2. The van der Waals surface area contributed by atoms with Crippen molar-refractivity contribution in [1.29, 1.82) is 0 Å². The lowest BCUT2D eigenvalue weighted by Gasteiger charge is -2.32. The van der Waals surface area contributed by atoms with Gasteiger partial charge >= 0.3 is 5.69 Å². The fourth-order valence-corrected chi connectivity index (χ4v) is 6.01. The first-order valence-corrected chi connectivity index (χ1v) is 15.5. The first kappa shape index (κ1) is 31.8. The molecule has 2 aromatic carbocycles. The number of fused-ring (bicyclic) bond motifs is 1. The number of benzene rings is 2. The van der Waals surface area contributed by atoms with Gasteiger partial charge in [-0.2, -0.15) is 0 Å². The van der Waals surface area contributed by atoms with Crippen LogP contribution in [0.1, 0.15) is 61.3 Å². The van der Waals surface area contributed by atoms with Crippen molar-refractivity contribution in [2.75, 3.05) is 11.4 Å². The summed E-state index contributed by atoms with van der Waals surface area (Å²) in [5.41, 5.74) is 17.2. The third-order valence-corrected chi connectivity index (χ3v) is 8.50. The molecular formula is C34H41N7O4. The Hall–Kier alpha value is -4.61. The van der Waals surface area contributed by atoms with Crippen molar-refractivity contribution in [3.05, 3.63) is 82.0 Å². The number of imidazole rings is 1. The molecule has 0 radical (unpaired) electrons. The van der Waals surface area contributed by atoms with Gasteiger partial charge in [0.1, 0.15) is 5.69 Å². The Morgan fingerprint density at radius 2 is 1.67 bits per heavy atom. The number of nitrogens with zero attached hydrogens (tertiary/aromatic N) is 2. The van der Waals surface area contributed by atoms with Crippen LogP contribution in [0.2, 0.25) is 0 Å². The van der Waals surface area contributed by atoms with Crippen molar-refractivity contribution >= 4 is 34.4 Å². The van der Waals surface area contributed by atoms with E-state index in [0.717, 1.165) is 35.2 Å². The van der Waals surface area contributed by atoms with E-state index < -0.39 is 11.9 Å². The lowest BCUT2D eigenvalue weighted by atomic mass is 9.81. The Morgan fingerprint density at radius 1 is 0.978 bits per heavy atom. The number of hydrogen-bond donors (Lipinski definition) is 5. The Balaban J connectivity index is 1.34. The highest BCUT2D eigenvalue weighted by Crippen LogP contribution is 2.32. The van der Waals surface area contributed by atoms with Crippen LogP contribution in [0, 0.1) is 18.8 Å². The van der Waals surface area contributed by atoms with Gasteiger partial charge < -0.3 is 26.8 Å². The zero-order valence-corrected chi connectivity index (χ0v) is 25.9. The van der Waals surface area contributed by atoms with E-state index in [4.69, 9.17) is 11.5 Å². The molecule has 7 N–H and O–H groups in total. The first-order chi connectivity index (χ1) is 21.5. The highest BCUT2D eigenvalue weighted by atomic mass is 16.2. The van der Waals surface area contributed by atoms with Crippen LogP contribution in [-0.4, -0.2) is 51.3 Å². The summed E-state index contributed by atoms with van der Waals surface area (Å²) in [4.78, 5) is 63.1. The molecule has 3 amide bonds. The van der Waals surface area contributed by atoms with Crippen molar-refractivity contribution < 1.29 is 14.4 Å². The number of carbonyl (C=O) groups is 3. The van der Waals surface area contributed by atoms with Crippen LogP contribution < -0.4 is 27.4 Å². The summed E-state index contributed by atoms with van der Waals surface area (Å²) in [5.74, 6) is -0.939. The Bertz CT molecular complexity index is 1750. The van der Waals surface area contributed by atoms with E-state index >= 15 is 0 Å². The van der Waals surface area contributed by atoms with Crippen LogP contribution in [-0.2, 0) is 16.0 Å². The third-order valence-electron chi connectivity index (χ3n) is 8.50. The molecule has 1 aliphatic carbocycles. The van der Waals surface area contributed by atoms with Gasteiger partial charge in [-0.15, -0.1) is 0 Å². The summed E-state index contributed by atoms with van der Waals surface area (Å²) in [6, 6.07) is 15.2. The van der Waals surface area contributed by atoms with Crippen molar-refractivity contribution in [1.82, 2.24) is 20.3 Å². The quantitative estimate of drug-likeness (QED) is 0.192. The van der Waals surface area contributed by atoms with E-state index in [0.29, 0.717) is 47.7 Å². The largest absolute Gasteiger partial charge is 0.349 e. The van der Waals surface area contributed by atoms with Gasteiger partial charge in [0.25, 0.3) is 11.8 Å². The molecule has 11 nitrogen and oxygen atoms in total. The number of amides is 3. The molecule has 45 heavy (non-hydrogen) atoms. The molecule has 0 spiro atoms. The minimum absolute atomic E-state index is 0.0139. The van der Waals surface area contributed by atoms with Crippen LogP contribution in [0.3, 0.4) is 0 Å². The lowest BCUT2D eigenvalue weighted by Crippen LogP contribution is -2.50. The second kappa shape index (κ2) is 13.6. The molecular weight excluding hydrogens is 570 g/mol. The zero-order valence-electron chi connectivity index (χ0n) is 25.9. The van der Waals surface area contributed by atoms with Crippen LogP contribution in [0.5, 0.6) is 0 Å². The predicted octanol–water partition coefficient (Wildman–Crippen LogP) is 3.56. The number of aromatic amines is 2. The zero-order chi connectivity index (χ0) is 32.2. The molecule has 4 aromatic rings. The maximum absolute atomic E-state index is 13.9. The van der Waals surface area contributed by atoms with Crippen molar-refractivity contribution in [2.45, 2.75) is 65.0 Å². The molecule has 1 atom stereocenters. The van der Waals surface area contributed by atoms with E-state index in [2.05, 4.69) is 20.3 Å². The number of aryl methyl sites for hydroxylation is 1. The monoisotopic (exact) mass is 611 g/mol. The van der Waals surface area contributed by atoms with Crippen molar-refractivity contribution in [3.8, 4) is 11.1 Å².